The summed E-state index contributed by atoms with van der Waals surface area (Å²) in [5.41, 5.74) is 2.28. The molecule has 1 aliphatic carbocycles. The van der Waals surface area contributed by atoms with E-state index in [9.17, 15) is 0 Å². The van der Waals surface area contributed by atoms with Crippen LogP contribution in [-0.4, -0.2) is 16.6 Å². The fraction of sp³-hybridized carbons (Fsp3) is 0.220. The molecule has 1 atom stereocenters. The summed E-state index contributed by atoms with van der Waals surface area (Å²) >= 11 is 0. The Morgan fingerprint density at radius 1 is 0.467 bits per heavy atom. The van der Waals surface area contributed by atoms with Gasteiger partial charge in [-0.3, -0.25) is 0 Å². The van der Waals surface area contributed by atoms with Crippen LogP contribution >= 0.6 is 0 Å². The molecule has 6 rings (SSSR count). The van der Waals surface area contributed by atoms with Gasteiger partial charge in [-0.1, -0.05) is 187 Å². The van der Waals surface area contributed by atoms with E-state index in [2.05, 4.69) is 193 Å². The summed E-state index contributed by atoms with van der Waals surface area (Å²) in [6, 6.07) is 50.0. The molecule has 0 saturated heterocycles. The Labute approximate surface area is 271 Å². The van der Waals surface area contributed by atoms with Crippen LogP contribution in [0.25, 0.3) is 6.08 Å². The third-order valence-electron chi connectivity index (χ3n) is 9.24. The molecule has 5 aromatic carbocycles. The minimum atomic E-state index is -2.80. The molecule has 45 heavy (non-hydrogen) atoms. The van der Waals surface area contributed by atoms with Gasteiger partial charge in [0.2, 0.25) is 0 Å². The van der Waals surface area contributed by atoms with E-state index in [4.69, 9.17) is 8.85 Å². The maximum absolute atomic E-state index is 7.59. The Morgan fingerprint density at radius 3 is 1.27 bits per heavy atom. The Hall–Kier alpha value is -3.97. The van der Waals surface area contributed by atoms with Gasteiger partial charge in [0.05, 0.1) is 6.10 Å². The van der Waals surface area contributed by atoms with Crippen molar-refractivity contribution in [1.82, 2.24) is 0 Å². The van der Waals surface area contributed by atoms with Crippen molar-refractivity contribution in [2.24, 2.45) is 0 Å². The first kappa shape index (κ1) is 31.0. The van der Waals surface area contributed by atoms with Crippen LogP contribution in [0.3, 0.4) is 0 Å². The molecule has 0 aliphatic heterocycles. The summed E-state index contributed by atoms with van der Waals surface area (Å²) in [4.78, 5) is 0. The number of rotatable bonds is 8. The van der Waals surface area contributed by atoms with Crippen LogP contribution in [0.5, 0.6) is 5.75 Å². The number of benzene rings is 5. The molecule has 0 heterocycles. The molecule has 0 saturated carbocycles. The maximum Gasteiger partial charge on any atom is 0.319 e. The molecule has 0 bridgehead atoms. The highest BCUT2D eigenvalue weighted by molar-refractivity contribution is 7.00. The molecule has 0 spiro atoms. The molecule has 0 N–H and O–H groups in total. The third-order valence-corrected chi connectivity index (χ3v) is 19.2. The lowest BCUT2D eigenvalue weighted by Crippen LogP contribution is -2.68. The van der Waals surface area contributed by atoms with Crippen LogP contribution in [0.15, 0.2) is 146 Å². The van der Waals surface area contributed by atoms with Gasteiger partial charge in [0.25, 0.3) is 8.32 Å². The van der Waals surface area contributed by atoms with Crippen LogP contribution in [-0.2, 0) is 4.43 Å². The van der Waals surface area contributed by atoms with E-state index in [-0.39, 0.29) is 16.2 Å². The highest BCUT2D eigenvalue weighted by Gasteiger charge is 2.54. The van der Waals surface area contributed by atoms with Crippen molar-refractivity contribution in [1.29, 1.82) is 0 Å². The van der Waals surface area contributed by atoms with Crippen LogP contribution in [0, 0.1) is 0 Å². The Morgan fingerprint density at radius 2 is 0.867 bits per heavy atom. The van der Waals surface area contributed by atoms with E-state index in [1.165, 1.54) is 26.3 Å². The average Bonchev–Trinajstić information content (AvgIpc) is 3.46. The Kier molecular flexibility index (Phi) is 8.34. The van der Waals surface area contributed by atoms with Gasteiger partial charge >= 0.3 is 8.32 Å². The van der Waals surface area contributed by atoms with Crippen molar-refractivity contribution in [3.63, 3.8) is 0 Å². The van der Waals surface area contributed by atoms with Crippen LogP contribution in [0.4, 0.5) is 0 Å². The first-order valence-electron chi connectivity index (χ1n) is 16.0. The van der Waals surface area contributed by atoms with Crippen molar-refractivity contribution in [2.75, 3.05) is 0 Å². The van der Waals surface area contributed by atoms with Crippen molar-refractivity contribution in [3.05, 3.63) is 157 Å². The molecule has 1 unspecified atom stereocenters. The summed E-state index contributed by atoms with van der Waals surface area (Å²) in [5.74, 6) is 0.923. The first-order chi connectivity index (χ1) is 21.6. The van der Waals surface area contributed by atoms with E-state index in [0.29, 0.717) is 0 Å². The normalized spacial score (nSPS) is 15.1. The highest BCUT2D eigenvalue weighted by Crippen LogP contribution is 2.45. The monoisotopic (exact) mass is 624 g/mol. The summed E-state index contributed by atoms with van der Waals surface area (Å²) in [6.07, 6.45) is 4.28. The van der Waals surface area contributed by atoms with Gasteiger partial charge in [0, 0.05) is 5.56 Å². The zero-order valence-electron chi connectivity index (χ0n) is 27.3. The predicted molar refractivity (Wildman–Crippen MR) is 195 cm³/mol. The average molecular weight is 625 g/mol. The fourth-order valence-corrected chi connectivity index (χ4v) is 16.2. The largest absolute Gasteiger partial charge is 0.534 e. The topological polar surface area (TPSA) is 18.5 Å². The molecular formula is C41H44O2Si2. The molecule has 2 nitrogen and oxygen atoms in total. The maximum atomic E-state index is 7.59. The van der Waals surface area contributed by atoms with Gasteiger partial charge in [-0.15, -0.1) is 0 Å². The van der Waals surface area contributed by atoms with E-state index in [1.54, 1.807) is 0 Å². The number of hydrogen-bond acceptors (Lipinski definition) is 2. The second kappa shape index (κ2) is 12.1. The van der Waals surface area contributed by atoms with Gasteiger partial charge in [0.15, 0.2) is 0 Å². The Balaban J connectivity index is 1.48. The van der Waals surface area contributed by atoms with Gasteiger partial charge in [-0.05, 0) is 42.5 Å². The van der Waals surface area contributed by atoms with Crippen molar-refractivity contribution >= 4 is 43.5 Å². The fourth-order valence-electron chi connectivity index (χ4n) is 7.16. The van der Waals surface area contributed by atoms with Crippen LogP contribution in [0.2, 0.25) is 10.1 Å². The van der Waals surface area contributed by atoms with E-state index in [1.807, 2.05) is 0 Å². The molecule has 228 valence electrons. The summed E-state index contributed by atoms with van der Waals surface area (Å²) < 4.78 is 15.1. The minimum Gasteiger partial charge on any atom is -0.534 e. The van der Waals surface area contributed by atoms with Gasteiger partial charge in [-0.2, -0.15) is 0 Å². The number of fused-ring (bicyclic) bond motifs is 1. The lowest BCUT2D eigenvalue weighted by molar-refractivity contribution is 0.241. The van der Waals surface area contributed by atoms with Gasteiger partial charge < -0.3 is 8.85 Å². The van der Waals surface area contributed by atoms with Crippen LogP contribution < -0.4 is 25.2 Å². The van der Waals surface area contributed by atoms with Gasteiger partial charge in [0.1, 0.15) is 5.75 Å². The second-order valence-corrected chi connectivity index (χ2v) is 22.6. The molecule has 4 heteroatoms. The van der Waals surface area contributed by atoms with E-state index < -0.39 is 16.6 Å². The highest BCUT2D eigenvalue weighted by atomic mass is 28.4. The zero-order valence-corrected chi connectivity index (χ0v) is 29.3. The summed E-state index contributed by atoms with van der Waals surface area (Å²) in [5, 5.41) is 4.85. The minimum absolute atomic E-state index is 0.116. The van der Waals surface area contributed by atoms with Crippen molar-refractivity contribution in [2.45, 2.75) is 57.7 Å². The molecule has 0 fully saturated rings. The smallest absolute Gasteiger partial charge is 0.319 e. The lowest BCUT2D eigenvalue weighted by atomic mass is 10.1. The van der Waals surface area contributed by atoms with Crippen molar-refractivity contribution in [3.8, 4) is 5.75 Å². The predicted octanol–water partition coefficient (Wildman–Crippen LogP) is 8.27. The first-order valence-corrected chi connectivity index (χ1v) is 19.8. The van der Waals surface area contributed by atoms with Crippen LogP contribution in [0.1, 0.15) is 58.8 Å². The Bertz CT molecular complexity index is 1670. The lowest BCUT2D eigenvalue weighted by Gasteiger charge is -2.44. The molecule has 5 aromatic rings. The van der Waals surface area contributed by atoms with E-state index >= 15 is 0 Å². The molecule has 1 aliphatic rings. The standard InChI is InChI=1S/C41H44O2Si2/c1-40(2,3)44(32-20-11-7-12-21-32,33-22-13-8-14-23-33)42-38-29-19-28-36-37(38)30-31-39(36)43-45(41(4,5)6,34-24-15-9-16-25-34)35-26-17-10-18-27-35/h7-31,39H,1-6H3. The van der Waals surface area contributed by atoms with Crippen molar-refractivity contribution < 1.29 is 8.85 Å². The molecule has 0 aromatic heterocycles. The molecule has 0 amide bonds. The molecule has 0 radical (unpaired) electrons. The second-order valence-electron chi connectivity index (χ2n) is 14.1. The quantitative estimate of drug-likeness (QED) is 0.162. The van der Waals surface area contributed by atoms with E-state index in [0.717, 1.165) is 11.3 Å². The summed E-state index contributed by atoms with van der Waals surface area (Å²) in [6.45, 7) is 14.0. The van der Waals surface area contributed by atoms with Gasteiger partial charge in [-0.25, -0.2) is 0 Å². The third kappa shape index (κ3) is 5.46. The number of hydrogen-bond donors (Lipinski definition) is 0. The SMILES string of the molecule is CC(C)(C)[Si](Oc1cccc2c1C=CC2O[Si](c1ccccc1)(c1ccccc1)C(C)(C)C)(c1ccccc1)c1ccccc1. The molecular weight excluding hydrogens is 581 g/mol. The summed E-state index contributed by atoms with van der Waals surface area (Å²) in [7, 11) is -5.57. The zero-order chi connectivity index (χ0) is 31.7.